The van der Waals surface area contributed by atoms with Crippen LogP contribution in [0.25, 0.3) is 11.3 Å². The fraction of sp³-hybridized carbons (Fsp3) is 0.200. The molecular weight excluding hydrogens is 195 g/mol. The first-order valence-corrected chi connectivity index (χ1v) is 4.68. The summed E-state index contributed by atoms with van der Waals surface area (Å²) in [7, 11) is 0. The molecule has 2 N–H and O–H groups in total. The molecule has 0 saturated carbocycles. The summed E-state index contributed by atoms with van der Waals surface area (Å²) in [5.74, 6) is 0.0509. The van der Waals surface area contributed by atoms with Gasteiger partial charge in [0.15, 0.2) is 0 Å². The van der Waals surface area contributed by atoms with Crippen molar-refractivity contribution >= 4 is 5.82 Å². The Balaban J connectivity index is 2.55. The number of nitrogens with zero attached hydrogens (tertiary/aromatic N) is 3. The van der Waals surface area contributed by atoms with Gasteiger partial charge in [-0.1, -0.05) is 17.3 Å². The van der Waals surface area contributed by atoms with Crippen LogP contribution in [0, 0.1) is 5.82 Å². The molecular formula is C10H11FN4. The highest BCUT2D eigenvalue weighted by atomic mass is 19.1. The Labute approximate surface area is 86.5 Å². The predicted octanol–water partition coefficient (Wildman–Crippen LogP) is 1.69. The fourth-order valence-corrected chi connectivity index (χ4v) is 1.40. The van der Waals surface area contributed by atoms with Gasteiger partial charge in [0.1, 0.15) is 17.3 Å². The second-order valence-corrected chi connectivity index (χ2v) is 3.12. The van der Waals surface area contributed by atoms with Gasteiger partial charge in [-0.2, -0.15) is 0 Å². The van der Waals surface area contributed by atoms with Gasteiger partial charge in [0.25, 0.3) is 0 Å². The van der Waals surface area contributed by atoms with Crippen molar-refractivity contribution in [1.29, 1.82) is 0 Å². The topological polar surface area (TPSA) is 56.7 Å². The SMILES string of the molecule is CCn1nnc(-c2ccccc2F)c1N. The first kappa shape index (κ1) is 9.64. The number of aryl methyl sites for hydroxylation is 1. The molecule has 0 radical (unpaired) electrons. The Morgan fingerprint density at radius 1 is 1.40 bits per heavy atom. The maximum absolute atomic E-state index is 13.4. The van der Waals surface area contributed by atoms with Crippen molar-refractivity contribution < 1.29 is 4.39 Å². The molecule has 0 aliphatic carbocycles. The molecule has 1 aromatic heterocycles. The number of hydrogen-bond acceptors (Lipinski definition) is 3. The Hall–Kier alpha value is -1.91. The molecule has 15 heavy (non-hydrogen) atoms. The Kier molecular flexibility index (Phi) is 2.37. The molecule has 2 rings (SSSR count). The lowest BCUT2D eigenvalue weighted by atomic mass is 10.1. The average Bonchev–Trinajstić information content (AvgIpc) is 2.60. The molecule has 0 bridgehead atoms. The van der Waals surface area contributed by atoms with E-state index >= 15 is 0 Å². The fourth-order valence-electron chi connectivity index (χ4n) is 1.40. The third-order valence-corrected chi connectivity index (χ3v) is 2.20. The molecule has 0 amide bonds. The second kappa shape index (κ2) is 3.68. The van der Waals surface area contributed by atoms with E-state index in [-0.39, 0.29) is 5.82 Å². The van der Waals surface area contributed by atoms with Crippen LogP contribution in [0.1, 0.15) is 6.92 Å². The van der Waals surface area contributed by atoms with Crippen LogP contribution in [-0.2, 0) is 6.54 Å². The summed E-state index contributed by atoms with van der Waals surface area (Å²) in [6.45, 7) is 2.52. The molecule has 4 nitrogen and oxygen atoms in total. The normalized spacial score (nSPS) is 10.5. The summed E-state index contributed by atoms with van der Waals surface area (Å²) >= 11 is 0. The average molecular weight is 206 g/mol. The van der Waals surface area contributed by atoms with Gasteiger partial charge in [0.05, 0.1) is 0 Å². The standard InChI is InChI=1S/C10H11FN4/c1-2-15-10(12)9(13-14-15)7-5-3-4-6-8(7)11/h3-6H,2,12H2,1H3. The molecule has 0 aliphatic heterocycles. The van der Waals surface area contributed by atoms with E-state index in [0.717, 1.165) is 0 Å². The van der Waals surface area contributed by atoms with Crippen LogP contribution in [0.3, 0.4) is 0 Å². The van der Waals surface area contributed by atoms with E-state index in [1.807, 2.05) is 6.92 Å². The van der Waals surface area contributed by atoms with E-state index in [1.54, 1.807) is 18.2 Å². The van der Waals surface area contributed by atoms with E-state index in [9.17, 15) is 4.39 Å². The van der Waals surface area contributed by atoms with Gasteiger partial charge < -0.3 is 5.73 Å². The van der Waals surface area contributed by atoms with Crippen LogP contribution in [-0.4, -0.2) is 15.0 Å². The number of aromatic nitrogens is 3. The lowest BCUT2D eigenvalue weighted by Crippen LogP contribution is -2.02. The highest BCUT2D eigenvalue weighted by Crippen LogP contribution is 2.25. The smallest absolute Gasteiger partial charge is 0.150 e. The minimum absolute atomic E-state index is 0.340. The van der Waals surface area contributed by atoms with Crippen molar-refractivity contribution in [2.45, 2.75) is 13.5 Å². The van der Waals surface area contributed by atoms with Gasteiger partial charge in [-0.15, -0.1) is 5.10 Å². The lowest BCUT2D eigenvalue weighted by molar-refractivity contribution is 0.629. The van der Waals surface area contributed by atoms with Gasteiger partial charge in [-0.05, 0) is 19.1 Å². The largest absolute Gasteiger partial charge is 0.382 e. The van der Waals surface area contributed by atoms with Gasteiger partial charge in [-0.25, -0.2) is 9.07 Å². The molecule has 1 aromatic carbocycles. The molecule has 78 valence electrons. The van der Waals surface area contributed by atoms with Gasteiger partial charge in [0.2, 0.25) is 0 Å². The monoisotopic (exact) mass is 206 g/mol. The quantitative estimate of drug-likeness (QED) is 0.813. The van der Waals surface area contributed by atoms with Crippen molar-refractivity contribution in [2.75, 3.05) is 5.73 Å². The number of nitrogen functional groups attached to an aromatic ring is 1. The van der Waals surface area contributed by atoms with Crippen molar-refractivity contribution in [2.24, 2.45) is 0 Å². The summed E-state index contributed by atoms with van der Waals surface area (Å²) in [5, 5.41) is 7.69. The molecule has 0 aliphatic rings. The van der Waals surface area contributed by atoms with E-state index < -0.39 is 0 Å². The van der Waals surface area contributed by atoms with Crippen molar-refractivity contribution in [3.05, 3.63) is 30.1 Å². The van der Waals surface area contributed by atoms with E-state index in [1.165, 1.54) is 10.7 Å². The minimum Gasteiger partial charge on any atom is -0.382 e. The number of hydrogen-bond donors (Lipinski definition) is 1. The van der Waals surface area contributed by atoms with Crippen LogP contribution in [0.2, 0.25) is 0 Å². The summed E-state index contributed by atoms with van der Waals surface area (Å²) < 4.78 is 15.0. The first-order chi connectivity index (χ1) is 7.24. The van der Waals surface area contributed by atoms with Crippen molar-refractivity contribution in [3.63, 3.8) is 0 Å². The number of benzene rings is 1. The zero-order chi connectivity index (χ0) is 10.8. The van der Waals surface area contributed by atoms with Crippen LogP contribution >= 0.6 is 0 Å². The van der Waals surface area contributed by atoms with E-state index in [4.69, 9.17) is 5.73 Å². The molecule has 2 aromatic rings. The summed E-state index contributed by atoms with van der Waals surface area (Å²) in [6.07, 6.45) is 0. The number of halogens is 1. The van der Waals surface area contributed by atoms with Crippen molar-refractivity contribution in [1.82, 2.24) is 15.0 Å². The second-order valence-electron chi connectivity index (χ2n) is 3.12. The third kappa shape index (κ3) is 1.56. The van der Waals surface area contributed by atoms with Crippen LogP contribution in [0.5, 0.6) is 0 Å². The van der Waals surface area contributed by atoms with Gasteiger partial charge in [-0.3, -0.25) is 0 Å². The molecule has 0 fully saturated rings. The molecule has 0 atom stereocenters. The number of anilines is 1. The van der Waals surface area contributed by atoms with Crippen LogP contribution in [0.15, 0.2) is 24.3 Å². The van der Waals surface area contributed by atoms with Gasteiger partial charge in [0, 0.05) is 12.1 Å². The Morgan fingerprint density at radius 2 is 2.13 bits per heavy atom. The summed E-state index contributed by atoms with van der Waals surface area (Å²) in [6, 6.07) is 6.37. The third-order valence-electron chi connectivity index (χ3n) is 2.20. The number of rotatable bonds is 2. The van der Waals surface area contributed by atoms with E-state index in [0.29, 0.717) is 23.6 Å². The summed E-state index contributed by atoms with van der Waals surface area (Å²) in [4.78, 5) is 0. The molecule has 0 saturated heterocycles. The maximum Gasteiger partial charge on any atom is 0.150 e. The lowest BCUT2D eigenvalue weighted by Gasteiger charge is -2.00. The van der Waals surface area contributed by atoms with Crippen LogP contribution < -0.4 is 5.73 Å². The van der Waals surface area contributed by atoms with E-state index in [2.05, 4.69) is 10.3 Å². The zero-order valence-corrected chi connectivity index (χ0v) is 8.31. The number of nitrogens with two attached hydrogens (primary N) is 1. The summed E-state index contributed by atoms with van der Waals surface area (Å²) in [5.41, 5.74) is 6.57. The molecule has 0 spiro atoms. The Bertz CT molecular complexity index is 478. The minimum atomic E-state index is -0.340. The highest BCUT2D eigenvalue weighted by molar-refractivity contribution is 5.69. The predicted molar refractivity (Wildman–Crippen MR) is 55.5 cm³/mol. The molecule has 5 heteroatoms. The maximum atomic E-state index is 13.4. The Morgan fingerprint density at radius 3 is 2.73 bits per heavy atom. The van der Waals surface area contributed by atoms with Crippen molar-refractivity contribution in [3.8, 4) is 11.3 Å². The molecule has 0 unspecified atom stereocenters. The zero-order valence-electron chi connectivity index (χ0n) is 8.31. The molecule has 1 heterocycles. The first-order valence-electron chi connectivity index (χ1n) is 4.68. The van der Waals surface area contributed by atoms with Crippen LogP contribution in [0.4, 0.5) is 10.2 Å². The van der Waals surface area contributed by atoms with Gasteiger partial charge >= 0.3 is 0 Å². The highest BCUT2D eigenvalue weighted by Gasteiger charge is 2.13.